The number of aryl methyl sites for hydroxylation is 1. The molecule has 0 amide bonds. The quantitative estimate of drug-likeness (QED) is 0.670. The van der Waals surface area contributed by atoms with Gasteiger partial charge < -0.3 is 9.30 Å². The Balaban J connectivity index is 0.00000264. The number of hydrogen-bond acceptors (Lipinski definition) is 2. The van der Waals surface area contributed by atoms with Crippen molar-refractivity contribution in [3.05, 3.63) is 48.1 Å². The standard InChI is InChI=1S/C19H25N2O.V/c1-5-15(2)8-6-7-9-17-10-11-18(19(12-17)22-4)21-13-16(3)20-14-21;/h9-15H,5-6,8H2,1-4H3;/q-1;. The monoisotopic (exact) mass is 348 g/mol. The number of aromatic nitrogens is 2. The number of imidazole rings is 1. The largest absolute Gasteiger partial charge is 0.496 e. The Kier molecular flexibility index (Phi) is 8.21. The maximum Gasteiger partial charge on any atom is 0.125 e. The Labute approximate surface area is 151 Å². The first-order chi connectivity index (χ1) is 10.6. The van der Waals surface area contributed by atoms with Crippen LogP contribution in [0.4, 0.5) is 0 Å². The minimum Gasteiger partial charge on any atom is -0.496 e. The molecule has 4 heteroatoms. The number of rotatable bonds is 7. The van der Waals surface area contributed by atoms with Gasteiger partial charge in [-0.3, -0.25) is 6.08 Å². The maximum absolute atomic E-state index is 5.52. The number of allylic oxidation sites excluding steroid dienone is 1. The summed E-state index contributed by atoms with van der Waals surface area (Å²) in [5.41, 5.74) is 3.10. The molecule has 1 aromatic heterocycles. The molecule has 0 spiro atoms. The van der Waals surface area contributed by atoms with Crippen molar-refractivity contribution in [2.45, 2.75) is 40.0 Å². The summed E-state index contributed by atoms with van der Waals surface area (Å²) in [4.78, 5) is 4.26. The smallest absolute Gasteiger partial charge is 0.125 e. The Morgan fingerprint density at radius 2 is 2.17 bits per heavy atom. The van der Waals surface area contributed by atoms with E-state index in [-0.39, 0.29) is 18.6 Å². The molecule has 0 fully saturated rings. The minimum absolute atomic E-state index is 0. The van der Waals surface area contributed by atoms with Gasteiger partial charge in [-0.1, -0.05) is 38.8 Å². The van der Waals surface area contributed by atoms with Gasteiger partial charge in [0.1, 0.15) is 5.75 Å². The van der Waals surface area contributed by atoms with E-state index in [1.807, 2.05) is 29.8 Å². The van der Waals surface area contributed by atoms with Crippen LogP contribution in [-0.2, 0) is 18.6 Å². The number of hydrogen-bond donors (Lipinski definition) is 0. The van der Waals surface area contributed by atoms with Crippen LogP contribution < -0.4 is 4.74 Å². The molecule has 0 saturated carbocycles. The summed E-state index contributed by atoms with van der Waals surface area (Å²) >= 11 is 0. The van der Waals surface area contributed by atoms with Crippen molar-refractivity contribution in [2.75, 3.05) is 7.11 Å². The van der Waals surface area contributed by atoms with Gasteiger partial charge in [0.25, 0.3) is 0 Å². The van der Waals surface area contributed by atoms with Crippen LogP contribution in [0.3, 0.4) is 0 Å². The Bertz CT molecular complexity index is 634. The number of nitrogens with zero attached hydrogens (tertiary/aromatic N) is 2. The van der Waals surface area contributed by atoms with Crippen molar-refractivity contribution in [2.24, 2.45) is 5.92 Å². The van der Waals surface area contributed by atoms with Crippen molar-refractivity contribution in [1.82, 2.24) is 9.55 Å². The van der Waals surface area contributed by atoms with Crippen LogP contribution >= 0.6 is 0 Å². The first-order valence-corrected chi connectivity index (χ1v) is 7.89. The van der Waals surface area contributed by atoms with E-state index >= 15 is 0 Å². The molecular weight excluding hydrogens is 323 g/mol. The average molecular weight is 348 g/mol. The fourth-order valence-electron chi connectivity index (χ4n) is 2.27. The third-order valence-corrected chi connectivity index (χ3v) is 3.94. The van der Waals surface area contributed by atoms with Gasteiger partial charge in [0.05, 0.1) is 24.8 Å². The van der Waals surface area contributed by atoms with Crippen molar-refractivity contribution >= 4 is 6.08 Å². The zero-order valence-electron chi connectivity index (χ0n) is 14.4. The molecule has 1 radical (unpaired) electrons. The van der Waals surface area contributed by atoms with Crippen LogP contribution in [0.25, 0.3) is 11.8 Å². The second-order valence-electron chi connectivity index (χ2n) is 5.75. The summed E-state index contributed by atoms with van der Waals surface area (Å²) < 4.78 is 7.50. The Hall–Kier alpha value is -1.45. The molecule has 1 heterocycles. The Morgan fingerprint density at radius 1 is 1.39 bits per heavy atom. The van der Waals surface area contributed by atoms with Crippen LogP contribution in [0.5, 0.6) is 5.75 Å². The first-order valence-electron chi connectivity index (χ1n) is 7.89. The van der Waals surface area contributed by atoms with Crippen molar-refractivity contribution in [1.29, 1.82) is 0 Å². The molecule has 0 bridgehead atoms. The van der Waals surface area contributed by atoms with E-state index in [2.05, 4.69) is 37.0 Å². The van der Waals surface area contributed by atoms with Gasteiger partial charge in [-0.25, -0.2) is 11.1 Å². The second kappa shape index (κ2) is 9.64. The van der Waals surface area contributed by atoms with E-state index in [1.54, 1.807) is 13.4 Å². The van der Waals surface area contributed by atoms with Gasteiger partial charge in [-0.15, -0.1) is 12.5 Å². The van der Waals surface area contributed by atoms with Crippen molar-refractivity contribution in [3.8, 4) is 11.4 Å². The number of ether oxygens (including phenoxy) is 1. The van der Waals surface area contributed by atoms with Gasteiger partial charge >= 0.3 is 0 Å². The molecule has 23 heavy (non-hydrogen) atoms. The predicted molar refractivity (Wildman–Crippen MR) is 91.2 cm³/mol. The predicted octanol–water partition coefficient (Wildman–Crippen LogP) is 4.83. The van der Waals surface area contributed by atoms with Gasteiger partial charge in [-0.2, -0.15) is 5.56 Å². The molecule has 1 unspecified atom stereocenters. The summed E-state index contributed by atoms with van der Waals surface area (Å²) in [7, 11) is 1.70. The molecule has 2 rings (SSSR count). The van der Waals surface area contributed by atoms with E-state index in [1.165, 1.54) is 12.8 Å². The third kappa shape index (κ3) is 5.60. The normalized spacial score (nSPS) is 12.2. The minimum atomic E-state index is 0. The topological polar surface area (TPSA) is 27.1 Å². The van der Waals surface area contributed by atoms with Gasteiger partial charge in [0, 0.05) is 24.8 Å². The fraction of sp³-hybridized carbons (Fsp3) is 0.421. The molecule has 0 N–H and O–H groups in total. The van der Waals surface area contributed by atoms with E-state index in [0.29, 0.717) is 0 Å². The van der Waals surface area contributed by atoms with E-state index < -0.39 is 0 Å². The molecular formula is C19H25N2OV-. The molecule has 0 saturated heterocycles. The van der Waals surface area contributed by atoms with Gasteiger partial charge in [-0.05, 0) is 12.8 Å². The molecule has 0 aliphatic rings. The maximum atomic E-state index is 5.52. The molecule has 0 aliphatic heterocycles. The Morgan fingerprint density at radius 3 is 2.78 bits per heavy atom. The van der Waals surface area contributed by atoms with E-state index in [0.717, 1.165) is 35.0 Å². The summed E-state index contributed by atoms with van der Waals surface area (Å²) in [6.07, 6.45) is 12.7. The number of methoxy groups -OCH3 is 1. The van der Waals surface area contributed by atoms with Crippen LogP contribution in [0.15, 0.2) is 30.7 Å². The molecule has 0 aliphatic carbocycles. The number of benzene rings is 1. The summed E-state index contributed by atoms with van der Waals surface area (Å²) in [6, 6.07) is 6.19. The van der Waals surface area contributed by atoms with Gasteiger partial charge in [0.2, 0.25) is 0 Å². The van der Waals surface area contributed by atoms with Crippen LogP contribution in [0.1, 0.15) is 44.4 Å². The zero-order chi connectivity index (χ0) is 15.9. The van der Waals surface area contributed by atoms with E-state index in [9.17, 15) is 0 Å². The first kappa shape index (κ1) is 19.6. The molecule has 1 atom stereocenters. The zero-order valence-corrected chi connectivity index (χ0v) is 15.8. The third-order valence-electron chi connectivity index (χ3n) is 3.94. The van der Waals surface area contributed by atoms with Crippen molar-refractivity contribution in [3.63, 3.8) is 0 Å². The molecule has 1 aromatic carbocycles. The van der Waals surface area contributed by atoms with Crippen LogP contribution in [0.2, 0.25) is 0 Å². The van der Waals surface area contributed by atoms with Crippen LogP contribution in [-0.4, -0.2) is 16.7 Å². The van der Waals surface area contributed by atoms with E-state index in [4.69, 9.17) is 4.74 Å². The van der Waals surface area contributed by atoms with Crippen molar-refractivity contribution < 1.29 is 23.3 Å². The van der Waals surface area contributed by atoms with Gasteiger partial charge in [0.15, 0.2) is 0 Å². The molecule has 3 nitrogen and oxygen atoms in total. The molecule has 123 valence electrons. The molecule has 2 aromatic rings. The second-order valence-corrected chi connectivity index (χ2v) is 5.75. The SMILES string of the molecule is CCC(C)CC[C-]=Cc1ccc(-n2cnc(C)c2)c(OC)c1.[V]. The summed E-state index contributed by atoms with van der Waals surface area (Å²) in [5, 5.41) is 0. The van der Waals surface area contributed by atoms with Crippen LogP contribution in [0, 0.1) is 18.9 Å². The summed E-state index contributed by atoms with van der Waals surface area (Å²) in [6.45, 7) is 6.49. The fourth-order valence-corrected chi connectivity index (χ4v) is 2.27. The average Bonchev–Trinajstić information content (AvgIpc) is 2.97. The summed E-state index contributed by atoms with van der Waals surface area (Å²) in [5.74, 6) is 1.61.